The van der Waals surface area contributed by atoms with Crippen LogP contribution < -0.4 is 0 Å². The normalized spacial score (nSPS) is 11.9. The van der Waals surface area contributed by atoms with Crippen LogP contribution in [0.5, 0.6) is 0 Å². The Labute approximate surface area is 263 Å². The predicted molar refractivity (Wildman–Crippen MR) is 190 cm³/mol. The Morgan fingerprint density at radius 3 is 2.17 bits per heavy atom. The van der Waals surface area contributed by atoms with Gasteiger partial charge in [0.2, 0.25) is 0 Å². The van der Waals surface area contributed by atoms with Gasteiger partial charge in [-0.25, -0.2) is 9.97 Å². The van der Waals surface area contributed by atoms with Gasteiger partial charge in [0.1, 0.15) is 11.2 Å². The first-order chi connectivity index (χ1) is 22.8. The number of hydrogen-bond acceptors (Lipinski definition) is 3. The second-order valence-electron chi connectivity index (χ2n) is 11.8. The lowest BCUT2D eigenvalue weighted by molar-refractivity contribution is 0.670. The Morgan fingerprint density at radius 1 is 0.500 bits per heavy atom. The monoisotopic (exact) mass is 587 g/mol. The summed E-state index contributed by atoms with van der Waals surface area (Å²) in [6.45, 7) is 0. The van der Waals surface area contributed by atoms with E-state index in [2.05, 4.69) is 120 Å². The van der Waals surface area contributed by atoms with Crippen LogP contribution in [0.15, 0.2) is 156 Å². The molecular weight excluding hydrogens is 562 g/mol. The van der Waals surface area contributed by atoms with Crippen molar-refractivity contribution < 1.29 is 4.42 Å². The smallest absolute Gasteiger partial charge is 0.160 e. The summed E-state index contributed by atoms with van der Waals surface area (Å²) in [4.78, 5) is 10.1. The molecule has 0 radical (unpaired) electrons. The molecule has 46 heavy (non-hydrogen) atoms. The minimum atomic E-state index is 0.698. The van der Waals surface area contributed by atoms with Crippen molar-refractivity contribution in [2.45, 2.75) is 0 Å². The van der Waals surface area contributed by atoms with Crippen LogP contribution in [0.4, 0.5) is 0 Å². The molecule has 0 saturated carbocycles. The minimum Gasteiger partial charge on any atom is -0.455 e. The average molecular weight is 588 g/mol. The van der Waals surface area contributed by atoms with Crippen LogP contribution in [-0.4, -0.2) is 14.5 Å². The number of benzene rings is 7. The Morgan fingerprint density at radius 2 is 1.26 bits per heavy atom. The summed E-state index contributed by atoms with van der Waals surface area (Å²) in [5.41, 5.74) is 8.84. The number of rotatable bonds is 3. The third kappa shape index (κ3) is 3.61. The molecule has 0 aliphatic heterocycles. The molecular formula is C42H25N3O. The Hall–Kier alpha value is -6.26. The van der Waals surface area contributed by atoms with Gasteiger partial charge in [-0.2, -0.15) is 0 Å². The van der Waals surface area contributed by atoms with Crippen molar-refractivity contribution in [1.82, 2.24) is 14.5 Å². The summed E-state index contributed by atoms with van der Waals surface area (Å²) in [5.74, 6) is 0.698. The molecule has 0 bridgehead atoms. The fourth-order valence-electron chi connectivity index (χ4n) is 7.13. The molecule has 0 saturated heterocycles. The molecule has 214 valence electrons. The zero-order valence-corrected chi connectivity index (χ0v) is 24.7. The lowest BCUT2D eigenvalue weighted by Crippen LogP contribution is -1.95. The van der Waals surface area contributed by atoms with Gasteiger partial charge in [0.05, 0.1) is 22.2 Å². The Bertz CT molecular complexity index is 2810. The molecule has 0 unspecified atom stereocenters. The molecule has 0 N–H and O–H groups in total. The Kier molecular flexibility index (Phi) is 5.25. The van der Waals surface area contributed by atoms with Gasteiger partial charge in [0.15, 0.2) is 5.82 Å². The first-order valence-electron chi connectivity index (χ1n) is 15.5. The van der Waals surface area contributed by atoms with Crippen molar-refractivity contribution in [3.63, 3.8) is 0 Å². The number of fused-ring (bicyclic) bond motifs is 9. The molecule has 10 aromatic rings. The maximum absolute atomic E-state index is 6.67. The second kappa shape index (κ2) is 9.62. The lowest BCUT2D eigenvalue weighted by atomic mass is 10.0. The number of furan rings is 1. The van der Waals surface area contributed by atoms with Crippen molar-refractivity contribution in [3.8, 4) is 28.3 Å². The standard InChI is InChI=1S/C42H25N3O/c1-2-12-27(13-3-1)42-43-35-19-8-6-15-31(35)40(44-42)33-18-10-17-30-34-25-28(22-24-38(34)46-41(30)33)45-36-20-9-7-16-32(36)39-29-14-5-4-11-26(29)21-23-37(39)45/h1-25H. The second-order valence-corrected chi connectivity index (χ2v) is 11.8. The molecule has 0 aliphatic rings. The number of nitrogens with zero attached hydrogens (tertiary/aromatic N) is 3. The van der Waals surface area contributed by atoms with Gasteiger partial charge in [-0.05, 0) is 53.2 Å². The van der Waals surface area contributed by atoms with E-state index in [1.807, 2.05) is 36.4 Å². The van der Waals surface area contributed by atoms with E-state index in [-0.39, 0.29) is 0 Å². The van der Waals surface area contributed by atoms with E-state index in [4.69, 9.17) is 14.4 Å². The third-order valence-electron chi connectivity index (χ3n) is 9.19. The molecule has 7 aromatic carbocycles. The van der Waals surface area contributed by atoms with Crippen molar-refractivity contribution in [2.75, 3.05) is 0 Å². The fourth-order valence-corrected chi connectivity index (χ4v) is 7.13. The summed E-state index contributed by atoms with van der Waals surface area (Å²) < 4.78 is 9.05. The van der Waals surface area contributed by atoms with Gasteiger partial charge < -0.3 is 8.98 Å². The Balaban J connectivity index is 1.22. The summed E-state index contributed by atoms with van der Waals surface area (Å²) in [7, 11) is 0. The first kappa shape index (κ1) is 25.1. The highest BCUT2D eigenvalue weighted by atomic mass is 16.3. The van der Waals surface area contributed by atoms with Gasteiger partial charge in [0, 0.05) is 43.7 Å². The summed E-state index contributed by atoms with van der Waals surface area (Å²) >= 11 is 0. The van der Waals surface area contributed by atoms with E-state index in [0.717, 1.165) is 55.3 Å². The average Bonchev–Trinajstić information content (AvgIpc) is 3.67. The predicted octanol–water partition coefficient (Wildman–Crippen LogP) is 11.1. The maximum atomic E-state index is 6.67. The van der Waals surface area contributed by atoms with E-state index in [1.165, 1.54) is 32.6 Å². The molecule has 3 heterocycles. The first-order valence-corrected chi connectivity index (χ1v) is 15.5. The summed E-state index contributed by atoms with van der Waals surface area (Å²) in [6.07, 6.45) is 0. The zero-order chi connectivity index (χ0) is 30.2. The van der Waals surface area contributed by atoms with Crippen molar-refractivity contribution in [1.29, 1.82) is 0 Å². The van der Waals surface area contributed by atoms with E-state index < -0.39 is 0 Å². The molecule has 4 heteroatoms. The van der Waals surface area contributed by atoms with Crippen molar-refractivity contribution >= 4 is 65.4 Å². The molecule has 0 atom stereocenters. The molecule has 4 nitrogen and oxygen atoms in total. The molecule has 0 aliphatic carbocycles. The fraction of sp³-hybridized carbons (Fsp3) is 0. The van der Waals surface area contributed by atoms with Crippen LogP contribution in [0.2, 0.25) is 0 Å². The van der Waals surface area contributed by atoms with Crippen LogP contribution in [-0.2, 0) is 0 Å². The molecule has 0 amide bonds. The van der Waals surface area contributed by atoms with Gasteiger partial charge >= 0.3 is 0 Å². The van der Waals surface area contributed by atoms with E-state index in [0.29, 0.717) is 5.82 Å². The highest BCUT2D eigenvalue weighted by Gasteiger charge is 2.19. The highest BCUT2D eigenvalue weighted by molar-refractivity contribution is 6.21. The van der Waals surface area contributed by atoms with E-state index in [1.54, 1.807) is 0 Å². The van der Waals surface area contributed by atoms with Gasteiger partial charge in [0.25, 0.3) is 0 Å². The van der Waals surface area contributed by atoms with Crippen LogP contribution >= 0.6 is 0 Å². The quantitative estimate of drug-likeness (QED) is 0.207. The molecule has 0 spiro atoms. The van der Waals surface area contributed by atoms with Crippen LogP contribution in [0.3, 0.4) is 0 Å². The number of para-hydroxylation sites is 3. The van der Waals surface area contributed by atoms with Crippen molar-refractivity contribution in [3.05, 3.63) is 152 Å². The summed E-state index contributed by atoms with van der Waals surface area (Å²) in [6, 6.07) is 53.0. The zero-order valence-electron chi connectivity index (χ0n) is 24.7. The van der Waals surface area contributed by atoms with Crippen LogP contribution in [0.25, 0.3) is 93.8 Å². The molecule has 10 rings (SSSR count). The van der Waals surface area contributed by atoms with Gasteiger partial charge in [-0.15, -0.1) is 0 Å². The van der Waals surface area contributed by atoms with E-state index >= 15 is 0 Å². The number of aromatic nitrogens is 3. The van der Waals surface area contributed by atoms with Gasteiger partial charge in [-0.1, -0.05) is 109 Å². The van der Waals surface area contributed by atoms with Crippen LogP contribution in [0.1, 0.15) is 0 Å². The highest BCUT2D eigenvalue weighted by Crippen LogP contribution is 2.41. The SMILES string of the molecule is c1ccc(-c2nc(-c3cccc4c3oc3ccc(-n5c6ccccc6c6c7ccccc7ccc65)cc34)c3ccccc3n2)cc1. The van der Waals surface area contributed by atoms with Crippen LogP contribution in [0, 0.1) is 0 Å². The molecule has 0 fully saturated rings. The minimum absolute atomic E-state index is 0.698. The van der Waals surface area contributed by atoms with Crippen molar-refractivity contribution in [2.24, 2.45) is 0 Å². The third-order valence-corrected chi connectivity index (χ3v) is 9.19. The number of hydrogen-bond donors (Lipinski definition) is 0. The van der Waals surface area contributed by atoms with Gasteiger partial charge in [-0.3, -0.25) is 0 Å². The lowest BCUT2D eigenvalue weighted by Gasteiger charge is -2.10. The molecule has 3 aromatic heterocycles. The largest absolute Gasteiger partial charge is 0.455 e. The summed E-state index contributed by atoms with van der Waals surface area (Å²) in [5, 5.41) is 8.16. The maximum Gasteiger partial charge on any atom is 0.160 e. The topological polar surface area (TPSA) is 43.9 Å². The van der Waals surface area contributed by atoms with E-state index in [9.17, 15) is 0 Å².